The molecular formula is C20H16ClF3N2O3. The molecule has 152 valence electrons. The first-order chi connectivity index (χ1) is 13.7. The minimum atomic E-state index is -5.18. The van der Waals surface area contributed by atoms with Gasteiger partial charge in [0.1, 0.15) is 6.67 Å². The van der Waals surface area contributed by atoms with Crippen LogP contribution >= 0.6 is 11.6 Å². The van der Waals surface area contributed by atoms with Crippen LogP contribution in [0.2, 0.25) is 5.02 Å². The zero-order valence-electron chi connectivity index (χ0n) is 15.0. The van der Waals surface area contributed by atoms with E-state index in [1.54, 1.807) is 0 Å². The third-order valence-electron chi connectivity index (χ3n) is 6.67. The quantitative estimate of drug-likeness (QED) is 0.553. The second kappa shape index (κ2) is 6.08. The molecule has 2 bridgehead atoms. The Balaban J connectivity index is 1.48. The van der Waals surface area contributed by atoms with Gasteiger partial charge in [-0.05, 0) is 42.2 Å². The Bertz CT molecular complexity index is 927. The number of anilines is 1. The van der Waals surface area contributed by atoms with E-state index in [0.29, 0.717) is 16.7 Å². The number of alkyl halides is 3. The lowest BCUT2D eigenvalue weighted by Gasteiger charge is -2.37. The van der Waals surface area contributed by atoms with Gasteiger partial charge in [0.05, 0.1) is 22.5 Å². The molecule has 3 fully saturated rings. The fraction of sp³-hybridized carbons (Fsp3) is 0.450. The van der Waals surface area contributed by atoms with Gasteiger partial charge in [-0.3, -0.25) is 24.2 Å². The first kappa shape index (κ1) is 18.7. The Kier molecular flexibility index (Phi) is 3.91. The number of hydrogen-bond acceptors (Lipinski definition) is 3. The van der Waals surface area contributed by atoms with E-state index in [2.05, 4.69) is 0 Å². The predicted octanol–water partition coefficient (Wildman–Crippen LogP) is 3.25. The van der Waals surface area contributed by atoms with Crippen molar-refractivity contribution in [1.82, 2.24) is 4.90 Å². The van der Waals surface area contributed by atoms with E-state index in [0.717, 1.165) is 11.3 Å². The van der Waals surface area contributed by atoms with E-state index in [-0.39, 0.29) is 22.5 Å². The maximum absolute atomic E-state index is 13.2. The molecule has 5 aliphatic rings. The van der Waals surface area contributed by atoms with Crippen LogP contribution in [0.5, 0.6) is 0 Å². The number of benzene rings is 1. The van der Waals surface area contributed by atoms with Gasteiger partial charge in [0.2, 0.25) is 11.8 Å². The van der Waals surface area contributed by atoms with Crippen LogP contribution in [0.25, 0.3) is 0 Å². The van der Waals surface area contributed by atoms with Crippen LogP contribution in [-0.2, 0) is 14.4 Å². The molecule has 1 aromatic carbocycles. The molecule has 0 N–H and O–H groups in total. The maximum Gasteiger partial charge on any atom is 0.471 e. The molecule has 6 rings (SSSR count). The number of imide groups is 1. The molecule has 2 saturated carbocycles. The van der Waals surface area contributed by atoms with E-state index in [9.17, 15) is 27.6 Å². The number of halogens is 4. The minimum Gasteiger partial charge on any atom is -0.284 e. The number of para-hydroxylation sites is 1. The SMILES string of the molecule is O=C1[C@@H]2[C@@H]3C=C[C@H]([C@@H]4C[C@H]34)[C@@H]2C(=O)N1CN(C(=O)C(F)(F)F)c1ccccc1Cl. The molecular weight excluding hydrogens is 409 g/mol. The summed E-state index contributed by atoms with van der Waals surface area (Å²) in [4.78, 5) is 39.4. The van der Waals surface area contributed by atoms with Crippen molar-refractivity contribution in [3.05, 3.63) is 41.4 Å². The lowest BCUT2D eigenvalue weighted by atomic mass is 9.63. The Morgan fingerprint density at radius 1 is 1.07 bits per heavy atom. The van der Waals surface area contributed by atoms with Crippen molar-refractivity contribution in [2.24, 2.45) is 35.5 Å². The number of rotatable bonds is 3. The first-order valence-corrected chi connectivity index (χ1v) is 9.74. The van der Waals surface area contributed by atoms with Gasteiger partial charge in [0.15, 0.2) is 0 Å². The number of hydrogen-bond donors (Lipinski definition) is 0. The van der Waals surface area contributed by atoms with Crippen molar-refractivity contribution in [1.29, 1.82) is 0 Å². The van der Waals surface area contributed by atoms with E-state index in [1.165, 1.54) is 24.3 Å². The summed E-state index contributed by atoms with van der Waals surface area (Å²) < 4.78 is 39.7. The molecule has 0 unspecified atom stereocenters. The standard InChI is InChI=1S/C20H16ClF3N2O3/c21-13-3-1-2-4-14(13)25(19(29)20(22,23)24)8-26-17(27)15-9-5-6-10(12-7-11(9)12)16(15)18(26)28/h1-6,9-12,15-16H,7-8H2/t9-,10-,11-,12+,15-,16+/m1/s1. The third kappa shape index (κ3) is 2.64. The molecule has 0 spiro atoms. The Labute approximate surface area is 169 Å². The summed E-state index contributed by atoms with van der Waals surface area (Å²) in [5, 5.41) is -0.0791. The second-order valence-corrected chi connectivity index (χ2v) is 8.49. The van der Waals surface area contributed by atoms with Crippen LogP contribution in [0.4, 0.5) is 18.9 Å². The van der Waals surface area contributed by atoms with Gasteiger partial charge in [-0.2, -0.15) is 13.2 Å². The summed E-state index contributed by atoms with van der Waals surface area (Å²) in [6, 6.07) is 5.55. The highest BCUT2D eigenvalue weighted by molar-refractivity contribution is 6.33. The molecule has 1 heterocycles. The minimum absolute atomic E-state index is 0.0523. The van der Waals surface area contributed by atoms with Gasteiger partial charge in [0.25, 0.3) is 0 Å². The van der Waals surface area contributed by atoms with Gasteiger partial charge < -0.3 is 0 Å². The number of carbonyl (C=O) groups excluding carboxylic acids is 3. The van der Waals surface area contributed by atoms with Crippen molar-refractivity contribution in [2.75, 3.05) is 11.6 Å². The third-order valence-corrected chi connectivity index (χ3v) is 6.99. The molecule has 3 amide bonds. The van der Waals surface area contributed by atoms with E-state index < -0.39 is 42.4 Å². The normalized spacial score (nSPS) is 34.3. The van der Waals surface area contributed by atoms with Crippen molar-refractivity contribution >= 4 is 35.0 Å². The summed E-state index contributed by atoms with van der Waals surface area (Å²) in [5.41, 5.74) is -0.198. The van der Waals surface area contributed by atoms with Gasteiger partial charge in [0, 0.05) is 0 Å². The van der Waals surface area contributed by atoms with Crippen LogP contribution < -0.4 is 4.90 Å². The van der Waals surface area contributed by atoms with Crippen LogP contribution in [-0.4, -0.2) is 35.5 Å². The first-order valence-electron chi connectivity index (χ1n) is 9.37. The van der Waals surface area contributed by atoms with Gasteiger partial charge in [-0.25, -0.2) is 0 Å². The monoisotopic (exact) mass is 424 g/mol. The van der Waals surface area contributed by atoms with E-state index in [4.69, 9.17) is 11.6 Å². The number of carbonyl (C=O) groups is 3. The zero-order valence-corrected chi connectivity index (χ0v) is 15.7. The Morgan fingerprint density at radius 3 is 2.14 bits per heavy atom. The highest BCUT2D eigenvalue weighted by atomic mass is 35.5. The molecule has 6 atom stereocenters. The molecule has 0 aromatic heterocycles. The van der Waals surface area contributed by atoms with Crippen molar-refractivity contribution in [2.45, 2.75) is 12.6 Å². The topological polar surface area (TPSA) is 57.7 Å². The Hall–Kier alpha value is -2.35. The van der Waals surface area contributed by atoms with E-state index in [1.807, 2.05) is 12.2 Å². The Morgan fingerprint density at radius 2 is 1.62 bits per heavy atom. The largest absolute Gasteiger partial charge is 0.471 e. The van der Waals surface area contributed by atoms with Crippen LogP contribution in [0.15, 0.2) is 36.4 Å². The summed E-state index contributed by atoms with van der Waals surface area (Å²) >= 11 is 6.01. The van der Waals surface area contributed by atoms with Gasteiger partial charge in [-0.1, -0.05) is 35.9 Å². The summed E-state index contributed by atoms with van der Waals surface area (Å²) in [6.07, 6.45) is -0.253. The highest BCUT2D eigenvalue weighted by Gasteiger charge is 2.67. The average molecular weight is 425 g/mol. The molecule has 4 aliphatic carbocycles. The number of amides is 3. The van der Waals surface area contributed by atoms with Crippen molar-refractivity contribution in [3.8, 4) is 0 Å². The molecule has 9 heteroatoms. The van der Waals surface area contributed by atoms with Gasteiger partial charge in [-0.15, -0.1) is 0 Å². The lowest BCUT2D eigenvalue weighted by Crippen LogP contribution is -2.49. The van der Waals surface area contributed by atoms with Crippen LogP contribution in [0.1, 0.15) is 6.42 Å². The highest BCUT2D eigenvalue weighted by Crippen LogP contribution is 2.65. The number of allylic oxidation sites excluding steroid dienone is 2. The smallest absolute Gasteiger partial charge is 0.284 e. The summed E-state index contributed by atoms with van der Waals surface area (Å²) in [6.45, 7) is -0.804. The molecule has 0 radical (unpaired) electrons. The molecule has 1 aliphatic heterocycles. The summed E-state index contributed by atoms with van der Waals surface area (Å²) in [5.74, 6) is -3.63. The molecule has 5 nitrogen and oxygen atoms in total. The van der Waals surface area contributed by atoms with Crippen LogP contribution in [0, 0.1) is 35.5 Å². The molecule has 29 heavy (non-hydrogen) atoms. The van der Waals surface area contributed by atoms with Gasteiger partial charge >= 0.3 is 12.1 Å². The zero-order chi connectivity index (χ0) is 20.7. The maximum atomic E-state index is 13.2. The second-order valence-electron chi connectivity index (χ2n) is 8.08. The molecule has 1 saturated heterocycles. The average Bonchev–Trinajstić information content (AvgIpc) is 3.45. The number of likely N-dealkylation sites (tertiary alicyclic amines) is 1. The van der Waals surface area contributed by atoms with Crippen LogP contribution in [0.3, 0.4) is 0 Å². The van der Waals surface area contributed by atoms with E-state index >= 15 is 0 Å². The van der Waals surface area contributed by atoms with Crippen molar-refractivity contribution in [3.63, 3.8) is 0 Å². The van der Waals surface area contributed by atoms with Crippen molar-refractivity contribution < 1.29 is 27.6 Å². The summed E-state index contributed by atoms with van der Waals surface area (Å²) in [7, 11) is 0. The fourth-order valence-electron chi connectivity index (χ4n) is 5.37. The predicted molar refractivity (Wildman–Crippen MR) is 96.4 cm³/mol. The number of nitrogens with zero attached hydrogens (tertiary/aromatic N) is 2. The fourth-order valence-corrected chi connectivity index (χ4v) is 5.61. The lowest BCUT2D eigenvalue weighted by molar-refractivity contribution is -0.171. The molecule has 1 aromatic rings.